The van der Waals surface area contributed by atoms with Gasteiger partial charge in [-0.25, -0.2) is 4.79 Å². The van der Waals surface area contributed by atoms with Gasteiger partial charge in [-0.15, -0.1) is 0 Å². The number of carboxylic acid groups (broad SMARTS) is 1. The van der Waals surface area contributed by atoms with E-state index in [2.05, 4.69) is 10.4 Å². The summed E-state index contributed by atoms with van der Waals surface area (Å²) in [5.74, 6) is -0.536. The van der Waals surface area contributed by atoms with Crippen LogP contribution < -0.4 is 14.8 Å². The highest BCUT2D eigenvalue weighted by Gasteiger charge is 2.30. The van der Waals surface area contributed by atoms with Gasteiger partial charge in [0.25, 0.3) is 5.91 Å². The van der Waals surface area contributed by atoms with E-state index < -0.39 is 17.4 Å². The second-order valence-corrected chi connectivity index (χ2v) is 5.56. The lowest BCUT2D eigenvalue weighted by atomic mass is 10.1. The van der Waals surface area contributed by atoms with E-state index in [1.165, 1.54) is 45.1 Å². The van der Waals surface area contributed by atoms with Crippen molar-refractivity contribution in [3.63, 3.8) is 0 Å². The van der Waals surface area contributed by atoms with Crippen molar-refractivity contribution >= 4 is 17.6 Å². The maximum Gasteiger partial charge on any atom is 0.331 e. The van der Waals surface area contributed by atoms with Gasteiger partial charge in [-0.2, -0.15) is 5.10 Å². The van der Waals surface area contributed by atoms with Crippen LogP contribution in [0.4, 0.5) is 5.69 Å². The number of nitrogens with zero attached hydrogens (tertiary/aromatic N) is 2. The van der Waals surface area contributed by atoms with E-state index in [0.29, 0.717) is 22.7 Å². The van der Waals surface area contributed by atoms with Crippen molar-refractivity contribution in [2.45, 2.75) is 19.4 Å². The summed E-state index contributed by atoms with van der Waals surface area (Å²) in [6.07, 6.45) is 2.84. The van der Waals surface area contributed by atoms with Crippen LogP contribution in [0.3, 0.4) is 0 Å². The van der Waals surface area contributed by atoms with Gasteiger partial charge >= 0.3 is 5.97 Å². The predicted molar refractivity (Wildman–Crippen MR) is 86.7 cm³/mol. The fourth-order valence-electron chi connectivity index (χ4n) is 1.98. The summed E-state index contributed by atoms with van der Waals surface area (Å²) in [4.78, 5) is 23.7. The van der Waals surface area contributed by atoms with E-state index in [0.717, 1.165) is 0 Å². The molecule has 8 nitrogen and oxygen atoms in total. The van der Waals surface area contributed by atoms with Crippen LogP contribution in [0.25, 0.3) is 0 Å². The average Bonchev–Trinajstić information content (AvgIpc) is 3.03. The number of hydrogen-bond acceptors (Lipinski definition) is 5. The van der Waals surface area contributed by atoms with Gasteiger partial charge in [-0.1, -0.05) is 0 Å². The first-order valence-corrected chi connectivity index (χ1v) is 7.11. The Labute approximate surface area is 139 Å². The number of methoxy groups -OCH3 is 2. The second-order valence-electron chi connectivity index (χ2n) is 5.56. The summed E-state index contributed by atoms with van der Waals surface area (Å²) in [5, 5.41) is 15.9. The topological polar surface area (TPSA) is 103 Å². The van der Waals surface area contributed by atoms with Crippen molar-refractivity contribution in [2.75, 3.05) is 19.5 Å². The number of ether oxygens (including phenoxy) is 2. The molecule has 0 bridgehead atoms. The maximum atomic E-state index is 12.5. The normalized spacial score (nSPS) is 11.0. The highest BCUT2D eigenvalue weighted by Crippen LogP contribution is 2.25. The molecule has 1 aromatic heterocycles. The molecule has 128 valence electrons. The van der Waals surface area contributed by atoms with Gasteiger partial charge in [0.1, 0.15) is 11.5 Å². The molecule has 0 unspecified atom stereocenters. The Morgan fingerprint density at radius 3 is 2.54 bits per heavy atom. The number of aromatic nitrogens is 2. The molecule has 0 fully saturated rings. The number of rotatable bonds is 6. The lowest BCUT2D eigenvalue weighted by molar-refractivity contribution is -0.146. The first kappa shape index (κ1) is 17.3. The third-order valence-corrected chi connectivity index (χ3v) is 3.59. The summed E-state index contributed by atoms with van der Waals surface area (Å²) >= 11 is 0. The minimum atomic E-state index is -1.23. The van der Waals surface area contributed by atoms with Crippen LogP contribution in [0.2, 0.25) is 0 Å². The van der Waals surface area contributed by atoms with E-state index >= 15 is 0 Å². The zero-order valence-electron chi connectivity index (χ0n) is 13.9. The quantitative estimate of drug-likeness (QED) is 0.838. The summed E-state index contributed by atoms with van der Waals surface area (Å²) in [6.45, 7) is 3.03. The van der Waals surface area contributed by atoms with E-state index in [4.69, 9.17) is 9.47 Å². The number of hydrogen-bond donors (Lipinski definition) is 2. The molecular formula is C16H19N3O5. The minimum Gasteiger partial charge on any atom is -0.497 e. The number of benzene rings is 1. The van der Waals surface area contributed by atoms with Crippen LogP contribution >= 0.6 is 0 Å². The molecule has 0 saturated heterocycles. The Morgan fingerprint density at radius 1 is 1.25 bits per heavy atom. The van der Waals surface area contributed by atoms with Gasteiger partial charge in [0, 0.05) is 6.20 Å². The zero-order chi connectivity index (χ0) is 17.9. The number of aliphatic carboxylic acids is 1. The molecule has 0 aliphatic heterocycles. The van der Waals surface area contributed by atoms with Crippen LogP contribution in [0.15, 0.2) is 30.6 Å². The number of amides is 1. The summed E-state index contributed by atoms with van der Waals surface area (Å²) in [5.41, 5.74) is -0.558. The number of carbonyl (C=O) groups is 2. The minimum absolute atomic E-state index is 0.294. The molecule has 24 heavy (non-hydrogen) atoms. The third-order valence-electron chi connectivity index (χ3n) is 3.59. The summed E-state index contributed by atoms with van der Waals surface area (Å²) in [7, 11) is 2.97. The van der Waals surface area contributed by atoms with Gasteiger partial charge in [0.05, 0.1) is 31.7 Å². The number of carboxylic acids is 1. The Balaban J connectivity index is 2.25. The third kappa shape index (κ3) is 3.32. The molecule has 2 rings (SSSR count). The van der Waals surface area contributed by atoms with Gasteiger partial charge in [0.2, 0.25) is 0 Å². The monoisotopic (exact) mass is 333 g/mol. The molecule has 0 atom stereocenters. The first-order valence-electron chi connectivity index (χ1n) is 7.11. The SMILES string of the molecule is COc1ccc(OC)c(C(=O)Nc2cnn(C(C)(C)C(=O)O)c2)c1. The molecule has 0 radical (unpaired) electrons. The van der Waals surface area contributed by atoms with Crippen LogP contribution in [-0.4, -0.2) is 41.0 Å². The first-order chi connectivity index (χ1) is 11.3. The van der Waals surface area contributed by atoms with E-state index in [-0.39, 0.29) is 0 Å². The molecule has 0 saturated carbocycles. The molecule has 0 spiro atoms. The van der Waals surface area contributed by atoms with Crippen LogP contribution in [-0.2, 0) is 10.3 Å². The smallest absolute Gasteiger partial charge is 0.331 e. The number of nitrogens with one attached hydrogen (secondary N) is 1. The zero-order valence-corrected chi connectivity index (χ0v) is 13.9. The summed E-state index contributed by atoms with van der Waals surface area (Å²) < 4.78 is 11.6. The van der Waals surface area contributed by atoms with Crippen molar-refractivity contribution in [3.05, 3.63) is 36.2 Å². The van der Waals surface area contributed by atoms with Crippen LogP contribution in [0.1, 0.15) is 24.2 Å². The molecule has 8 heteroatoms. The van der Waals surface area contributed by atoms with Crippen molar-refractivity contribution in [1.82, 2.24) is 9.78 Å². The van der Waals surface area contributed by atoms with Crippen LogP contribution in [0, 0.1) is 0 Å². The Morgan fingerprint density at radius 2 is 1.96 bits per heavy atom. The van der Waals surface area contributed by atoms with Crippen molar-refractivity contribution in [2.24, 2.45) is 0 Å². The highest BCUT2D eigenvalue weighted by atomic mass is 16.5. The van der Waals surface area contributed by atoms with Gasteiger partial charge in [0.15, 0.2) is 5.54 Å². The highest BCUT2D eigenvalue weighted by molar-refractivity contribution is 6.06. The Kier molecular flexibility index (Phi) is 4.77. The fraction of sp³-hybridized carbons (Fsp3) is 0.312. The van der Waals surface area contributed by atoms with Gasteiger partial charge in [-0.3, -0.25) is 9.48 Å². The molecule has 1 aromatic carbocycles. The van der Waals surface area contributed by atoms with Gasteiger partial charge < -0.3 is 19.9 Å². The maximum absolute atomic E-state index is 12.5. The fourth-order valence-corrected chi connectivity index (χ4v) is 1.98. The molecule has 2 aromatic rings. The standard InChI is InChI=1S/C16H19N3O5/c1-16(2,15(21)22)19-9-10(8-17-19)18-14(20)12-7-11(23-3)5-6-13(12)24-4/h5-9H,1-4H3,(H,18,20)(H,21,22). The predicted octanol–water partition coefficient (Wildman–Crippen LogP) is 1.97. The van der Waals surface area contributed by atoms with Crippen LogP contribution in [0.5, 0.6) is 11.5 Å². The lowest BCUT2D eigenvalue weighted by Crippen LogP contribution is -2.35. The lowest BCUT2D eigenvalue weighted by Gasteiger charge is -2.19. The molecule has 0 aliphatic carbocycles. The Bertz CT molecular complexity index is 767. The van der Waals surface area contributed by atoms with E-state index in [1.54, 1.807) is 18.2 Å². The average molecular weight is 333 g/mol. The molecular weight excluding hydrogens is 314 g/mol. The number of anilines is 1. The largest absolute Gasteiger partial charge is 0.497 e. The van der Waals surface area contributed by atoms with E-state index in [9.17, 15) is 14.7 Å². The van der Waals surface area contributed by atoms with Crippen molar-refractivity contribution in [1.29, 1.82) is 0 Å². The van der Waals surface area contributed by atoms with Gasteiger partial charge in [-0.05, 0) is 32.0 Å². The summed E-state index contributed by atoms with van der Waals surface area (Å²) in [6, 6.07) is 4.87. The molecule has 0 aliphatic rings. The molecule has 1 amide bonds. The molecule has 1 heterocycles. The van der Waals surface area contributed by atoms with Crippen molar-refractivity contribution in [3.8, 4) is 11.5 Å². The molecule has 2 N–H and O–H groups in total. The second kappa shape index (κ2) is 6.61. The van der Waals surface area contributed by atoms with E-state index in [1.807, 2.05) is 0 Å². The number of carbonyl (C=O) groups excluding carboxylic acids is 1. The van der Waals surface area contributed by atoms with Crippen molar-refractivity contribution < 1.29 is 24.2 Å². The Hall–Kier alpha value is -3.03.